The van der Waals surface area contributed by atoms with Gasteiger partial charge in [0.25, 0.3) is 5.91 Å². The highest BCUT2D eigenvalue weighted by Gasteiger charge is 2.15. The van der Waals surface area contributed by atoms with E-state index >= 15 is 0 Å². The lowest BCUT2D eigenvalue weighted by Crippen LogP contribution is -2.28. The molecule has 31 heavy (non-hydrogen) atoms. The lowest BCUT2D eigenvalue weighted by atomic mass is 10.1. The summed E-state index contributed by atoms with van der Waals surface area (Å²) in [7, 11) is 0. The summed E-state index contributed by atoms with van der Waals surface area (Å²) in [5.74, 6) is -0.252. The third-order valence-electron chi connectivity index (χ3n) is 4.48. The van der Waals surface area contributed by atoms with Crippen LogP contribution >= 0.6 is 15.9 Å². The van der Waals surface area contributed by atoms with E-state index in [0.29, 0.717) is 17.7 Å². The standard InChI is InChI=1S/C23H22BrNO6/c1-4-7-25-22(27)18-10-15-5-6-17(11-19(15)31-23(18)28)30-20(26)12-29-21-13(2)8-16(24)9-14(21)3/h5-6,8-11H,4,7,12H2,1-3H3,(H,25,27). The highest BCUT2D eigenvalue weighted by molar-refractivity contribution is 9.10. The Kier molecular flexibility index (Phi) is 7.12. The molecule has 0 saturated carbocycles. The monoisotopic (exact) mass is 487 g/mol. The number of amides is 1. The van der Waals surface area contributed by atoms with Crippen LogP contribution in [0.15, 0.2) is 50.1 Å². The zero-order valence-electron chi connectivity index (χ0n) is 17.4. The van der Waals surface area contributed by atoms with Crippen molar-refractivity contribution in [3.63, 3.8) is 0 Å². The quantitative estimate of drug-likeness (QED) is 0.303. The van der Waals surface area contributed by atoms with Crippen LogP contribution < -0.4 is 20.4 Å². The number of ether oxygens (including phenoxy) is 2. The van der Waals surface area contributed by atoms with Crippen molar-refractivity contribution >= 4 is 38.8 Å². The molecule has 0 fully saturated rings. The van der Waals surface area contributed by atoms with E-state index < -0.39 is 17.5 Å². The molecule has 0 unspecified atom stereocenters. The fourth-order valence-electron chi connectivity index (χ4n) is 3.06. The predicted molar refractivity (Wildman–Crippen MR) is 120 cm³/mol. The normalized spacial score (nSPS) is 10.7. The largest absolute Gasteiger partial charge is 0.481 e. The van der Waals surface area contributed by atoms with Gasteiger partial charge in [-0.25, -0.2) is 9.59 Å². The molecule has 1 amide bonds. The van der Waals surface area contributed by atoms with Crippen molar-refractivity contribution in [2.24, 2.45) is 0 Å². The third-order valence-corrected chi connectivity index (χ3v) is 4.94. The number of nitrogens with one attached hydrogen (secondary N) is 1. The van der Waals surface area contributed by atoms with Gasteiger partial charge in [-0.05, 0) is 61.7 Å². The van der Waals surface area contributed by atoms with E-state index in [1.165, 1.54) is 12.1 Å². The van der Waals surface area contributed by atoms with Crippen molar-refractivity contribution in [1.82, 2.24) is 5.32 Å². The molecule has 0 atom stereocenters. The lowest BCUT2D eigenvalue weighted by molar-refractivity contribution is -0.136. The van der Waals surface area contributed by atoms with Crippen LogP contribution in [0.4, 0.5) is 0 Å². The first kappa shape index (κ1) is 22.6. The smallest absolute Gasteiger partial charge is 0.349 e. The Balaban J connectivity index is 1.71. The van der Waals surface area contributed by atoms with Crippen molar-refractivity contribution in [3.05, 3.63) is 68.0 Å². The SMILES string of the molecule is CCCNC(=O)c1cc2ccc(OC(=O)COc3c(C)cc(Br)cc3C)cc2oc1=O. The van der Waals surface area contributed by atoms with Gasteiger partial charge in [0, 0.05) is 22.5 Å². The van der Waals surface area contributed by atoms with Crippen LogP contribution in [0.5, 0.6) is 11.5 Å². The minimum Gasteiger partial charge on any atom is -0.481 e. The van der Waals surface area contributed by atoms with Crippen LogP contribution in [-0.2, 0) is 4.79 Å². The van der Waals surface area contributed by atoms with Crippen LogP contribution in [0, 0.1) is 13.8 Å². The van der Waals surface area contributed by atoms with Crippen LogP contribution in [-0.4, -0.2) is 25.0 Å². The molecular formula is C23H22BrNO6. The second-order valence-electron chi connectivity index (χ2n) is 7.03. The number of hydrogen-bond acceptors (Lipinski definition) is 6. The van der Waals surface area contributed by atoms with E-state index in [4.69, 9.17) is 13.9 Å². The van der Waals surface area contributed by atoms with Crippen LogP contribution in [0.2, 0.25) is 0 Å². The van der Waals surface area contributed by atoms with Crippen LogP contribution in [0.3, 0.4) is 0 Å². The van der Waals surface area contributed by atoms with Crippen LogP contribution in [0.1, 0.15) is 34.8 Å². The molecule has 2 aromatic carbocycles. The number of carbonyl (C=O) groups is 2. The summed E-state index contributed by atoms with van der Waals surface area (Å²) in [5, 5.41) is 3.19. The van der Waals surface area contributed by atoms with E-state index in [-0.39, 0.29) is 23.5 Å². The summed E-state index contributed by atoms with van der Waals surface area (Å²) in [4.78, 5) is 36.5. The van der Waals surface area contributed by atoms with E-state index in [0.717, 1.165) is 22.0 Å². The molecule has 3 aromatic rings. The molecule has 1 aromatic heterocycles. The van der Waals surface area contributed by atoms with Gasteiger partial charge < -0.3 is 19.2 Å². The number of rotatable bonds is 7. The minimum absolute atomic E-state index is 0.0701. The first-order valence-corrected chi connectivity index (χ1v) is 10.5. The molecule has 0 aliphatic heterocycles. The van der Waals surface area contributed by atoms with Gasteiger partial charge in [-0.2, -0.15) is 0 Å². The summed E-state index contributed by atoms with van der Waals surface area (Å²) in [6, 6.07) is 9.86. The lowest BCUT2D eigenvalue weighted by Gasteiger charge is -2.12. The third kappa shape index (κ3) is 5.52. The zero-order chi connectivity index (χ0) is 22.5. The van der Waals surface area contributed by atoms with Crippen molar-refractivity contribution in [3.8, 4) is 11.5 Å². The Hall–Kier alpha value is -3.13. The highest BCUT2D eigenvalue weighted by Crippen LogP contribution is 2.27. The summed E-state index contributed by atoms with van der Waals surface area (Å²) in [6.45, 7) is 5.88. The van der Waals surface area contributed by atoms with Gasteiger partial charge in [-0.15, -0.1) is 0 Å². The van der Waals surface area contributed by atoms with Gasteiger partial charge in [-0.3, -0.25) is 4.79 Å². The molecule has 0 aliphatic rings. The Bertz CT molecular complexity index is 1180. The average molecular weight is 488 g/mol. The average Bonchev–Trinajstić information content (AvgIpc) is 2.70. The summed E-state index contributed by atoms with van der Waals surface area (Å²) >= 11 is 3.42. The fraction of sp³-hybridized carbons (Fsp3) is 0.261. The van der Waals surface area contributed by atoms with Crippen molar-refractivity contribution in [2.75, 3.05) is 13.2 Å². The number of hydrogen-bond donors (Lipinski definition) is 1. The fourth-order valence-corrected chi connectivity index (χ4v) is 3.75. The molecule has 0 spiro atoms. The summed E-state index contributed by atoms with van der Waals surface area (Å²) in [6.07, 6.45) is 0.754. The number of carbonyl (C=O) groups excluding carboxylic acids is 2. The van der Waals surface area contributed by atoms with Gasteiger partial charge in [0.1, 0.15) is 22.6 Å². The first-order chi connectivity index (χ1) is 14.8. The Labute approximate surface area is 187 Å². The molecule has 7 nitrogen and oxygen atoms in total. The molecule has 8 heteroatoms. The molecule has 0 saturated heterocycles. The summed E-state index contributed by atoms with van der Waals surface area (Å²) in [5.41, 5.74) is 1.17. The zero-order valence-corrected chi connectivity index (χ0v) is 19.0. The van der Waals surface area contributed by atoms with Crippen molar-refractivity contribution in [1.29, 1.82) is 0 Å². The van der Waals surface area contributed by atoms with E-state index in [9.17, 15) is 14.4 Å². The number of fused-ring (bicyclic) bond motifs is 1. The van der Waals surface area contributed by atoms with E-state index in [1.807, 2.05) is 32.9 Å². The van der Waals surface area contributed by atoms with Crippen molar-refractivity contribution < 1.29 is 23.5 Å². The maximum Gasteiger partial charge on any atom is 0.349 e. The van der Waals surface area contributed by atoms with Gasteiger partial charge in [0.05, 0.1) is 0 Å². The molecule has 1 N–H and O–H groups in total. The topological polar surface area (TPSA) is 94.8 Å². The maximum atomic E-state index is 12.2. The Morgan fingerprint density at radius 2 is 1.81 bits per heavy atom. The first-order valence-electron chi connectivity index (χ1n) is 9.74. The number of esters is 1. The molecule has 0 aliphatic carbocycles. The molecule has 0 radical (unpaired) electrons. The van der Waals surface area contributed by atoms with Gasteiger partial charge >= 0.3 is 11.6 Å². The summed E-state index contributed by atoms with van der Waals surface area (Å²) < 4.78 is 17.1. The molecule has 0 bridgehead atoms. The number of halogens is 1. The van der Waals surface area contributed by atoms with Crippen molar-refractivity contribution in [2.45, 2.75) is 27.2 Å². The predicted octanol–water partition coefficient (Wildman–Crippen LogP) is 4.30. The van der Waals surface area contributed by atoms with E-state index in [1.54, 1.807) is 12.1 Å². The van der Waals surface area contributed by atoms with Gasteiger partial charge in [0.2, 0.25) is 0 Å². The van der Waals surface area contributed by atoms with Gasteiger partial charge in [-0.1, -0.05) is 22.9 Å². The molecular weight excluding hydrogens is 466 g/mol. The molecule has 3 rings (SSSR count). The van der Waals surface area contributed by atoms with Crippen LogP contribution in [0.25, 0.3) is 11.0 Å². The number of benzene rings is 2. The Morgan fingerprint density at radius 1 is 1.10 bits per heavy atom. The second-order valence-corrected chi connectivity index (χ2v) is 7.95. The minimum atomic E-state index is -0.755. The molecule has 162 valence electrons. The van der Waals surface area contributed by atoms with Gasteiger partial charge in [0.15, 0.2) is 6.61 Å². The number of aryl methyl sites for hydroxylation is 2. The Morgan fingerprint density at radius 3 is 2.48 bits per heavy atom. The maximum absolute atomic E-state index is 12.2. The highest BCUT2D eigenvalue weighted by atomic mass is 79.9. The second kappa shape index (κ2) is 9.78. The van der Waals surface area contributed by atoms with E-state index in [2.05, 4.69) is 21.2 Å². The molecule has 1 heterocycles.